The highest BCUT2D eigenvalue weighted by atomic mass is 16.5. The molecule has 4 nitrogen and oxygen atoms in total. The topological polar surface area (TPSA) is 55.6 Å². The summed E-state index contributed by atoms with van der Waals surface area (Å²) in [6.07, 6.45) is 3.57. The Bertz CT molecular complexity index is 485. The molecule has 1 heterocycles. The largest absolute Gasteiger partial charge is 0.497 e. The van der Waals surface area contributed by atoms with Crippen molar-refractivity contribution in [3.63, 3.8) is 0 Å². The number of methoxy groups -OCH3 is 1. The predicted octanol–water partition coefficient (Wildman–Crippen LogP) is 1.85. The van der Waals surface area contributed by atoms with Gasteiger partial charge in [-0.3, -0.25) is 4.79 Å². The monoisotopic (exact) mass is 260 g/mol. The van der Waals surface area contributed by atoms with Crippen LogP contribution in [0.5, 0.6) is 5.75 Å². The third-order valence-corrected chi connectivity index (χ3v) is 4.06. The molecule has 2 fully saturated rings. The number of benzene rings is 1. The third-order valence-electron chi connectivity index (χ3n) is 4.06. The number of ether oxygens (including phenoxy) is 1. The summed E-state index contributed by atoms with van der Waals surface area (Å²) in [6.45, 7) is 0. The van der Waals surface area contributed by atoms with Gasteiger partial charge < -0.3 is 15.4 Å². The summed E-state index contributed by atoms with van der Waals surface area (Å²) in [4.78, 5) is 14.2. The summed E-state index contributed by atoms with van der Waals surface area (Å²) in [5.74, 6) is 1.07. The van der Waals surface area contributed by atoms with Crippen molar-refractivity contribution >= 4 is 5.91 Å². The van der Waals surface area contributed by atoms with Gasteiger partial charge in [-0.25, -0.2) is 0 Å². The van der Waals surface area contributed by atoms with Crippen molar-refractivity contribution in [2.75, 3.05) is 7.11 Å². The second kappa shape index (κ2) is 4.85. The molecule has 1 amide bonds. The van der Waals surface area contributed by atoms with E-state index < -0.39 is 0 Å². The average Bonchev–Trinajstić information content (AvgIpc) is 3.25. The van der Waals surface area contributed by atoms with Crippen LogP contribution in [0.3, 0.4) is 0 Å². The molecule has 2 aliphatic rings. The molecule has 4 heteroatoms. The fourth-order valence-corrected chi connectivity index (χ4v) is 2.96. The van der Waals surface area contributed by atoms with Crippen LogP contribution in [0.2, 0.25) is 0 Å². The molecule has 1 saturated carbocycles. The Morgan fingerprint density at radius 3 is 2.79 bits per heavy atom. The van der Waals surface area contributed by atoms with E-state index in [0.29, 0.717) is 12.5 Å². The van der Waals surface area contributed by atoms with Crippen molar-refractivity contribution in [3.8, 4) is 5.75 Å². The van der Waals surface area contributed by atoms with Crippen LogP contribution in [-0.2, 0) is 4.79 Å². The SMILES string of the molecule is COc1cccc(C2C(N)CCC(=O)N2C2CC2)c1. The highest BCUT2D eigenvalue weighted by Gasteiger charge is 2.43. The smallest absolute Gasteiger partial charge is 0.223 e. The highest BCUT2D eigenvalue weighted by molar-refractivity contribution is 5.78. The van der Waals surface area contributed by atoms with E-state index in [9.17, 15) is 4.79 Å². The van der Waals surface area contributed by atoms with Gasteiger partial charge in [-0.05, 0) is 37.0 Å². The zero-order chi connectivity index (χ0) is 13.4. The number of carbonyl (C=O) groups is 1. The summed E-state index contributed by atoms with van der Waals surface area (Å²) in [5, 5.41) is 0. The number of nitrogens with zero attached hydrogens (tertiary/aromatic N) is 1. The van der Waals surface area contributed by atoms with Gasteiger partial charge in [0.1, 0.15) is 5.75 Å². The van der Waals surface area contributed by atoms with Gasteiger partial charge in [0.05, 0.1) is 13.2 Å². The van der Waals surface area contributed by atoms with Crippen LogP contribution in [0.15, 0.2) is 24.3 Å². The van der Waals surface area contributed by atoms with Crippen molar-refractivity contribution in [1.82, 2.24) is 4.90 Å². The lowest BCUT2D eigenvalue weighted by molar-refractivity contribution is -0.138. The molecule has 1 aromatic carbocycles. The molecular weight excluding hydrogens is 240 g/mol. The maximum absolute atomic E-state index is 12.2. The molecule has 2 unspecified atom stereocenters. The first kappa shape index (κ1) is 12.5. The maximum atomic E-state index is 12.2. The van der Waals surface area contributed by atoms with Crippen molar-refractivity contribution < 1.29 is 9.53 Å². The summed E-state index contributed by atoms with van der Waals surface area (Å²) in [5.41, 5.74) is 7.38. The van der Waals surface area contributed by atoms with Crippen molar-refractivity contribution in [1.29, 1.82) is 0 Å². The van der Waals surface area contributed by atoms with E-state index in [1.165, 1.54) is 0 Å². The van der Waals surface area contributed by atoms with Crippen LogP contribution in [-0.4, -0.2) is 30.0 Å². The van der Waals surface area contributed by atoms with Crippen molar-refractivity contribution in [2.45, 2.75) is 43.8 Å². The summed E-state index contributed by atoms with van der Waals surface area (Å²) < 4.78 is 5.27. The van der Waals surface area contributed by atoms with Gasteiger partial charge in [-0.15, -0.1) is 0 Å². The third kappa shape index (κ3) is 2.32. The van der Waals surface area contributed by atoms with E-state index in [1.54, 1.807) is 7.11 Å². The molecule has 1 aliphatic carbocycles. The van der Waals surface area contributed by atoms with Gasteiger partial charge in [0.15, 0.2) is 0 Å². The molecular formula is C15H20N2O2. The standard InChI is InChI=1S/C15H20N2O2/c1-19-12-4-2-3-10(9-12)15-13(16)7-8-14(18)17(15)11-5-6-11/h2-4,9,11,13,15H,5-8,16H2,1H3. The molecule has 1 aliphatic heterocycles. The predicted molar refractivity (Wildman–Crippen MR) is 72.8 cm³/mol. The van der Waals surface area contributed by atoms with E-state index in [1.807, 2.05) is 29.2 Å². The summed E-state index contributed by atoms with van der Waals surface area (Å²) in [7, 11) is 1.66. The maximum Gasteiger partial charge on any atom is 0.223 e. The summed E-state index contributed by atoms with van der Waals surface area (Å²) >= 11 is 0. The number of amides is 1. The van der Waals surface area contributed by atoms with Crippen molar-refractivity contribution in [3.05, 3.63) is 29.8 Å². The van der Waals surface area contributed by atoms with Crippen LogP contribution >= 0.6 is 0 Å². The van der Waals surface area contributed by atoms with Crippen LogP contribution in [0.25, 0.3) is 0 Å². The fraction of sp³-hybridized carbons (Fsp3) is 0.533. The number of hydrogen-bond donors (Lipinski definition) is 1. The van der Waals surface area contributed by atoms with E-state index in [4.69, 9.17) is 10.5 Å². The van der Waals surface area contributed by atoms with Gasteiger partial charge in [0.2, 0.25) is 5.91 Å². The van der Waals surface area contributed by atoms with Crippen molar-refractivity contribution in [2.24, 2.45) is 5.73 Å². The lowest BCUT2D eigenvalue weighted by atomic mass is 9.90. The van der Waals surface area contributed by atoms with E-state index in [0.717, 1.165) is 30.6 Å². The molecule has 1 saturated heterocycles. The first-order valence-corrected chi connectivity index (χ1v) is 6.91. The number of nitrogens with two attached hydrogens (primary N) is 1. The van der Waals surface area contributed by atoms with Crippen LogP contribution < -0.4 is 10.5 Å². The van der Waals surface area contributed by atoms with Gasteiger partial charge in [-0.1, -0.05) is 12.1 Å². The van der Waals surface area contributed by atoms with Gasteiger partial charge in [0, 0.05) is 18.5 Å². The van der Waals surface area contributed by atoms with Gasteiger partial charge in [0.25, 0.3) is 0 Å². The normalized spacial score (nSPS) is 27.5. The molecule has 0 radical (unpaired) electrons. The zero-order valence-corrected chi connectivity index (χ0v) is 11.2. The lowest BCUT2D eigenvalue weighted by Gasteiger charge is -2.40. The first-order valence-electron chi connectivity index (χ1n) is 6.91. The van der Waals surface area contributed by atoms with Crippen LogP contribution in [0.4, 0.5) is 0 Å². The molecule has 19 heavy (non-hydrogen) atoms. The Morgan fingerprint density at radius 2 is 2.11 bits per heavy atom. The number of hydrogen-bond acceptors (Lipinski definition) is 3. The molecule has 0 aromatic heterocycles. The zero-order valence-electron chi connectivity index (χ0n) is 11.2. The van der Waals surface area contributed by atoms with Crippen LogP contribution in [0, 0.1) is 0 Å². The molecule has 0 spiro atoms. The molecule has 3 rings (SSSR count). The fourth-order valence-electron chi connectivity index (χ4n) is 2.96. The minimum atomic E-state index is 0.00356. The molecule has 0 bridgehead atoms. The highest BCUT2D eigenvalue weighted by Crippen LogP contribution is 2.40. The number of piperidine rings is 1. The Hall–Kier alpha value is -1.55. The molecule has 2 N–H and O–H groups in total. The summed E-state index contributed by atoms with van der Waals surface area (Å²) in [6, 6.07) is 8.34. The van der Waals surface area contributed by atoms with E-state index >= 15 is 0 Å². The Morgan fingerprint density at radius 1 is 1.32 bits per heavy atom. The minimum Gasteiger partial charge on any atom is -0.497 e. The first-order chi connectivity index (χ1) is 9.20. The second-order valence-corrected chi connectivity index (χ2v) is 5.46. The molecule has 2 atom stereocenters. The molecule has 1 aromatic rings. The van der Waals surface area contributed by atoms with Crippen LogP contribution in [0.1, 0.15) is 37.3 Å². The number of likely N-dealkylation sites (tertiary alicyclic amines) is 1. The number of carbonyl (C=O) groups excluding carboxylic acids is 1. The number of rotatable bonds is 3. The quantitative estimate of drug-likeness (QED) is 0.902. The Kier molecular flexibility index (Phi) is 3.19. The van der Waals surface area contributed by atoms with Gasteiger partial charge in [-0.2, -0.15) is 0 Å². The average molecular weight is 260 g/mol. The Labute approximate surface area is 113 Å². The molecule has 102 valence electrons. The Balaban J connectivity index is 1.95. The second-order valence-electron chi connectivity index (χ2n) is 5.46. The van der Waals surface area contributed by atoms with E-state index in [2.05, 4.69) is 0 Å². The van der Waals surface area contributed by atoms with Gasteiger partial charge >= 0.3 is 0 Å². The van der Waals surface area contributed by atoms with E-state index in [-0.39, 0.29) is 18.0 Å². The minimum absolute atomic E-state index is 0.00356. The lowest BCUT2D eigenvalue weighted by Crippen LogP contribution is -2.49.